The Morgan fingerprint density at radius 3 is 2.12 bits per heavy atom. The molecule has 0 amide bonds. The normalized spacial score (nSPS) is 16.5. The van der Waals surface area contributed by atoms with Crippen LogP contribution in [0.4, 0.5) is 0 Å². The van der Waals surface area contributed by atoms with Crippen molar-refractivity contribution in [3.8, 4) is 11.3 Å². The summed E-state index contributed by atoms with van der Waals surface area (Å²) in [5.74, 6) is 0. The van der Waals surface area contributed by atoms with Gasteiger partial charge >= 0.3 is 0 Å². The maximum absolute atomic E-state index is 4.85. The van der Waals surface area contributed by atoms with Crippen molar-refractivity contribution in [1.82, 2.24) is 4.98 Å². The van der Waals surface area contributed by atoms with Gasteiger partial charge in [0, 0.05) is 22.6 Å². The molecule has 1 heteroatoms. The first-order chi connectivity index (χ1) is 15.0. The lowest BCUT2D eigenvalue weighted by Crippen LogP contribution is -2.37. The van der Waals surface area contributed by atoms with E-state index in [0.29, 0.717) is 0 Å². The highest BCUT2D eigenvalue weighted by molar-refractivity contribution is 5.90. The van der Waals surface area contributed by atoms with Crippen LogP contribution in [0, 0.1) is 0 Å². The molecule has 0 N–H and O–H groups in total. The SMILES string of the molecule is CC(C)(C)c1ccnc(-c2cccc3c2C(C)(C)c2ccc4ccccc4c2C3(C)C)c1. The minimum absolute atomic E-state index is 0.0901. The molecule has 0 radical (unpaired) electrons. The zero-order valence-electron chi connectivity index (χ0n) is 20.4. The predicted molar refractivity (Wildman–Crippen MR) is 137 cm³/mol. The molecule has 1 aromatic heterocycles. The Labute approximate surface area is 192 Å². The van der Waals surface area contributed by atoms with Crippen LogP contribution in [0.15, 0.2) is 72.9 Å². The summed E-state index contributed by atoms with van der Waals surface area (Å²) in [4.78, 5) is 4.85. The molecule has 0 spiro atoms. The van der Waals surface area contributed by atoms with Crippen molar-refractivity contribution in [2.75, 3.05) is 0 Å². The topological polar surface area (TPSA) is 12.9 Å². The average molecular weight is 420 g/mol. The van der Waals surface area contributed by atoms with E-state index in [1.165, 1.54) is 44.2 Å². The summed E-state index contributed by atoms with van der Waals surface area (Å²) in [6, 6.07) is 24.7. The summed E-state index contributed by atoms with van der Waals surface area (Å²) in [6.07, 6.45) is 1.97. The molecule has 1 nitrogen and oxygen atoms in total. The Kier molecular flexibility index (Phi) is 4.44. The molecule has 0 fully saturated rings. The lowest BCUT2D eigenvalue weighted by molar-refractivity contribution is 0.526. The van der Waals surface area contributed by atoms with Gasteiger partial charge in [-0.05, 0) is 56.1 Å². The van der Waals surface area contributed by atoms with Crippen molar-refractivity contribution in [2.45, 2.75) is 64.7 Å². The average Bonchev–Trinajstić information content (AvgIpc) is 2.76. The van der Waals surface area contributed by atoms with Gasteiger partial charge in [-0.25, -0.2) is 0 Å². The van der Waals surface area contributed by atoms with Crippen molar-refractivity contribution >= 4 is 10.8 Å². The number of aromatic nitrogens is 1. The maximum Gasteiger partial charge on any atom is 0.0708 e. The van der Waals surface area contributed by atoms with Gasteiger partial charge in [-0.3, -0.25) is 4.98 Å². The van der Waals surface area contributed by atoms with Gasteiger partial charge in [0.05, 0.1) is 5.69 Å². The minimum atomic E-state index is -0.125. The fourth-order valence-corrected chi connectivity index (χ4v) is 5.74. The second-order valence-electron chi connectivity index (χ2n) is 11.4. The van der Waals surface area contributed by atoms with Gasteiger partial charge in [0.2, 0.25) is 0 Å². The summed E-state index contributed by atoms with van der Waals surface area (Å²) in [5.41, 5.74) is 9.21. The Morgan fingerprint density at radius 1 is 0.688 bits per heavy atom. The quantitative estimate of drug-likeness (QED) is 0.303. The molecule has 3 aromatic carbocycles. The van der Waals surface area contributed by atoms with Gasteiger partial charge < -0.3 is 0 Å². The predicted octanol–water partition coefficient (Wildman–Crippen LogP) is 8.16. The van der Waals surface area contributed by atoms with Crippen LogP contribution in [0.3, 0.4) is 0 Å². The molecule has 0 aliphatic heterocycles. The van der Waals surface area contributed by atoms with Gasteiger partial charge in [-0.2, -0.15) is 0 Å². The number of hydrogen-bond donors (Lipinski definition) is 0. The van der Waals surface area contributed by atoms with E-state index in [9.17, 15) is 0 Å². The van der Waals surface area contributed by atoms with E-state index < -0.39 is 0 Å². The van der Waals surface area contributed by atoms with Gasteiger partial charge in [-0.15, -0.1) is 0 Å². The third-order valence-corrected chi connectivity index (χ3v) is 7.49. The van der Waals surface area contributed by atoms with Crippen LogP contribution >= 0.6 is 0 Å². The van der Waals surface area contributed by atoms with Crippen molar-refractivity contribution in [1.29, 1.82) is 0 Å². The highest BCUT2D eigenvalue weighted by Crippen LogP contribution is 2.54. The van der Waals surface area contributed by atoms with E-state index in [0.717, 1.165) is 5.69 Å². The van der Waals surface area contributed by atoms with Gasteiger partial charge in [-0.1, -0.05) is 103 Å². The highest BCUT2D eigenvalue weighted by atomic mass is 14.7. The van der Waals surface area contributed by atoms with Crippen LogP contribution in [0.1, 0.15) is 76.3 Å². The van der Waals surface area contributed by atoms with Crippen LogP contribution in [0.25, 0.3) is 22.0 Å². The largest absolute Gasteiger partial charge is 0.256 e. The van der Waals surface area contributed by atoms with E-state index in [4.69, 9.17) is 4.98 Å². The van der Waals surface area contributed by atoms with Crippen molar-refractivity contribution in [3.05, 3.63) is 101 Å². The van der Waals surface area contributed by atoms with E-state index in [-0.39, 0.29) is 16.2 Å². The summed E-state index contributed by atoms with van der Waals surface area (Å²) in [5, 5.41) is 2.68. The van der Waals surface area contributed by atoms with Crippen molar-refractivity contribution < 1.29 is 0 Å². The molecule has 0 unspecified atom stereocenters. The molecule has 0 atom stereocenters. The second kappa shape index (κ2) is 6.78. The second-order valence-corrected chi connectivity index (χ2v) is 11.4. The van der Waals surface area contributed by atoms with Gasteiger partial charge in [0.1, 0.15) is 0 Å². The molecule has 162 valence electrons. The fourth-order valence-electron chi connectivity index (χ4n) is 5.74. The lowest BCUT2D eigenvalue weighted by Gasteiger charge is -2.45. The zero-order valence-corrected chi connectivity index (χ0v) is 20.4. The standard InChI is InChI=1S/C31H33N/c1-29(2,3)21-17-18-32-26(19-21)23-13-10-14-24-28(23)31(6,7)25-16-15-20-11-8-9-12-22(20)27(25)30(24,4)5/h8-19H,1-7H3. The monoisotopic (exact) mass is 419 g/mol. The number of pyridine rings is 1. The first-order valence-electron chi connectivity index (χ1n) is 11.7. The van der Waals surface area contributed by atoms with Crippen molar-refractivity contribution in [2.24, 2.45) is 0 Å². The van der Waals surface area contributed by atoms with E-state index in [2.05, 4.69) is 115 Å². The third-order valence-electron chi connectivity index (χ3n) is 7.49. The molecule has 1 aliphatic carbocycles. The maximum atomic E-state index is 4.85. The van der Waals surface area contributed by atoms with Crippen LogP contribution in [0.2, 0.25) is 0 Å². The van der Waals surface area contributed by atoms with E-state index >= 15 is 0 Å². The number of nitrogens with zero attached hydrogens (tertiary/aromatic N) is 1. The lowest BCUT2D eigenvalue weighted by atomic mass is 9.58. The molecule has 0 bridgehead atoms. The molecule has 0 saturated heterocycles. The zero-order chi connectivity index (χ0) is 22.9. The summed E-state index contributed by atoms with van der Waals surface area (Å²) in [6.45, 7) is 16.3. The number of benzene rings is 3. The molecule has 0 saturated carbocycles. The van der Waals surface area contributed by atoms with Crippen LogP contribution < -0.4 is 0 Å². The molecule has 5 rings (SSSR count). The molecule has 1 aliphatic rings. The Morgan fingerprint density at radius 2 is 1.38 bits per heavy atom. The fraction of sp³-hybridized carbons (Fsp3) is 0.323. The Balaban J connectivity index is 1.83. The minimum Gasteiger partial charge on any atom is -0.256 e. The van der Waals surface area contributed by atoms with Crippen molar-refractivity contribution in [3.63, 3.8) is 0 Å². The Bertz CT molecular complexity index is 1350. The van der Waals surface area contributed by atoms with E-state index in [1.807, 2.05) is 6.20 Å². The van der Waals surface area contributed by atoms with Crippen LogP contribution in [-0.2, 0) is 16.2 Å². The number of hydrogen-bond acceptors (Lipinski definition) is 1. The van der Waals surface area contributed by atoms with Gasteiger partial charge in [0.25, 0.3) is 0 Å². The molecule has 32 heavy (non-hydrogen) atoms. The first-order valence-corrected chi connectivity index (χ1v) is 11.7. The summed E-state index contributed by atoms with van der Waals surface area (Å²) >= 11 is 0. The number of rotatable bonds is 1. The highest BCUT2D eigenvalue weighted by Gasteiger charge is 2.43. The van der Waals surface area contributed by atoms with Crippen LogP contribution in [-0.4, -0.2) is 4.98 Å². The molecule has 4 aromatic rings. The van der Waals surface area contributed by atoms with E-state index in [1.54, 1.807) is 0 Å². The molecular formula is C31H33N. The summed E-state index contributed by atoms with van der Waals surface area (Å²) < 4.78 is 0. The molecular weight excluding hydrogens is 386 g/mol. The molecule has 1 heterocycles. The summed E-state index contributed by atoms with van der Waals surface area (Å²) in [7, 11) is 0. The first kappa shape index (κ1) is 20.9. The Hall–Kier alpha value is -2.93. The smallest absolute Gasteiger partial charge is 0.0708 e. The number of fused-ring (bicyclic) bond motifs is 4. The van der Waals surface area contributed by atoms with Gasteiger partial charge in [0.15, 0.2) is 0 Å². The third kappa shape index (κ3) is 2.94. The van der Waals surface area contributed by atoms with Crippen LogP contribution in [0.5, 0.6) is 0 Å².